The van der Waals surface area contributed by atoms with Crippen molar-refractivity contribution in [2.75, 3.05) is 6.61 Å². The molecule has 0 aliphatic carbocycles. The molecule has 4 nitrogen and oxygen atoms in total. The average molecular weight is 322 g/mol. The molecular weight excluding hydrogens is 300 g/mol. The maximum atomic E-state index is 12.2. The van der Waals surface area contributed by atoms with Gasteiger partial charge in [0.1, 0.15) is 5.75 Å². The summed E-state index contributed by atoms with van der Waals surface area (Å²) >= 11 is 0. The SMILES string of the molecule is CCOc1ccc(CC(=O)NCc2cn(C)c3ccccc23)cc1. The number of carbonyl (C=O) groups excluding carboxylic acids is 1. The van der Waals surface area contributed by atoms with Gasteiger partial charge in [0, 0.05) is 30.7 Å². The summed E-state index contributed by atoms with van der Waals surface area (Å²) in [5.41, 5.74) is 3.29. The maximum absolute atomic E-state index is 12.2. The van der Waals surface area contributed by atoms with E-state index in [4.69, 9.17) is 4.74 Å². The molecule has 1 amide bonds. The average Bonchev–Trinajstić information content (AvgIpc) is 2.92. The van der Waals surface area contributed by atoms with E-state index in [2.05, 4.69) is 28.2 Å². The van der Waals surface area contributed by atoms with Gasteiger partial charge >= 0.3 is 0 Å². The first-order valence-electron chi connectivity index (χ1n) is 8.18. The lowest BCUT2D eigenvalue weighted by Crippen LogP contribution is -2.24. The van der Waals surface area contributed by atoms with E-state index in [1.807, 2.05) is 50.4 Å². The summed E-state index contributed by atoms with van der Waals surface area (Å²) in [6.45, 7) is 3.14. The molecule has 0 fully saturated rings. The Morgan fingerprint density at radius 1 is 1.12 bits per heavy atom. The zero-order valence-corrected chi connectivity index (χ0v) is 14.1. The van der Waals surface area contributed by atoms with Gasteiger partial charge in [-0.1, -0.05) is 30.3 Å². The largest absolute Gasteiger partial charge is 0.494 e. The van der Waals surface area contributed by atoms with Crippen molar-refractivity contribution in [3.63, 3.8) is 0 Å². The minimum absolute atomic E-state index is 0.0205. The van der Waals surface area contributed by atoms with Gasteiger partial charge in [0.05, 0.1) is 13.0 Å². The van der Waals surface area contributed by atoms with Crippen molar-refractivity contribution in [3.8, 4) is 5.75 Å². The number of para-hydroxylation sites is 1. The predicted molar refractivity (Wildman–Crippen MR) is 96.1 cm³/mol. The predicted octanol–water partition coefficient (Wildman–Crippen LogP) is 3.44. The Morgan fingerprint density at radius 3 is 2.62 bits per heavy atom. The minimum atomic E-state index is 0.0205. The molecule has 3 aromatic rings. The molecule has 3 rings (SSSR count). The monoisotopic (exact) mass is 322 g/mol. The van der Waals surface area contributed by atoms with Gasteiger partial charge in [-0.05, 0) is 36.2 Å². The summed E-state index contributed by atoms with van der Waals surface area (Å²) in [5.74, 6) is 0.851. The number of aromatic nitrogens is 1. The number of amides is 1. The number of benzene rings is 2. The van der Waals surface area contributed by atoms with Crippen LogP contribution in [-0.4, -0.2) is 17.1 Å². The molecule has 0 unspecified atom stereocenters. The Kier molecular flexibility index (Phi) is 4.85. The molecule has 0 saturated carbocycles. The summed E-state index contributed by atoms with van der Waals surface area (Å²) in [6, 6.07) is 15.9. The van der Waals surface area contributed by atoms with Gasteiger partial charge in [-0.2, -0.15) is 0 Å². The van der Waals surface area contributed by atoms with Crippen molar-refractivity contribution in [1.29, 1.82) is 0 Å². The van der Waals surface area contributed by atoms with E-state index in [0.29, 0.717) is 19.6 Å². The second-order valence-corrected chi connectivity index (χ2v) is 5.81. The fourth-order valence-corrected chi connectivity index (χ4v) is 2.88. The third kappa shape index (κ3) is 3.59. The molecule has 0 radical (unpaired) electrons. The van der Waals surface area contributed by atoms with E-state index in [9.17, 15) is 4.79 Å². The fourth-order valence-electron chi connectivity index (χ4n) is 2.88. The van der Waals surface area contributed by atoms with Gasteiger partial charge in [-0.25, -0.2) is 0 Å². The Balaban J connectivity index is 1.60. The number of nitrogens with one attached hydrogen (secondary N) is 1. The molecule has 2 aromatic carbocycles. The molecule has 24 heavy (non-hydrogen) atoms. The highest BCUT2D eigenvalue weighted by Crippen LogP contribution is 2.20. The van der Waals surface area contributed by atoms with Crippen LogP contribution >= 0.6 is 0 Å². The standard InChI is InChI=1S/C20H22N2O2/c1-3-24-17-10-8-15(9-11-17)12-20(23)21-13-16-14-22(2)19-7-5-4-6-18(16)19/h4-11,14H,3,12-13H2,1-2H3,(H,21,23). The van der Waals surface area contributed by atoms with Crippen LogP contribution in [0.3, 0.4) is 0 Å². The van der Waals surface area contributed by atoms with Crippen molar-refractivity contribution in [3.05, 3.63) is 65.9 Å². The van der Waals surface area contributed by atoms with Gasteiger partial charge in [-0.15, -0.1) is 0 Å². The molecular formula is C20H22N2O2. The summed E-state index contributed by atoms with van der Waals surface area (Å²) in [7, 11) is 2.02. The highest BCUT2D eigenvalue weighted by atomic mass is 16.5. The zero-order valence-electron chi connectivity index (χ0n) is 14.1. The van der Waals surface area contributed by atoms with Gasteiger partial charge in [-0.3, -0.25) is 4.79 Å². The van der Waals surface area contributed by atoms with Crippen molar-refractivity contribution < 1.29 is 9.53 Å². The summed E-state index contributed by atoms with van der Waals surface area (Å²) < 4.78 is 7.50. The van der Waals surface area contributed by atoms with Crippen LogP contribution in [0.5, 0.6) is 5.75 Å². The highest BCUT2D eigenvalue weighted by Gasteiger charge is 2.08. The van der Waals surface area contributed by atoms with Crippen LogP contribution in [0, 0.1) is 0 Å². The van der Waals surface area contributed by atoms with Crippen molar-refractivity contribution in [2.45, 2.75) is 19.9 Å². The summed E-state index contributed by atoms with van der Waals surface area (Å²) in [4.78, 5) is 12.2. The first-order valence-corrected chi connectivity index (χ1v) is 8.18. The van der Waals surface area contributed by atoms with Crippen LogP contribution < -0.4 is 10.1 Å². The molecule has 1 heterocycles. The topological polar surface area (TPSA) is 43.3 Å². The molecule has 0 aliphatic rings. The van der Waals surface area contributed by atoms with Gasteiger partial charge in [0.2, 0.25) is 5.91 Å². The first kappa shape index (κ1) is 16.1. The smallest absolute Gasteiger partial charge is 0.224 e. The highest BCUT2D eigenvalue weighted by molar-refractivity contribution is 5.85. The Labute approximate surface area is 142 Å². The van der Waals surface area contributed by atoms with Crippen LogP contribution in [0.1, 0.15) is 18.1 Å². The first-order chi connectivity index (χ1) is 11.7. The summed E-state index contributed by atoms with van der Waals surface area (Å²) in [6.07, 6.45) is 2.44. The number of hydrogen-bond acceptors (Lipinski definition) is 2. The quantitative estimate of drug-likeness (QED) is 0.755. The van der Waals surface area contributed by atoms with E-state index in [1.165, 1.54) is 10.9 Å². The van der Waals surface area contributed by atoms with Gasteiger partial charge < -0.3 is 14.6 Å². The third-order valence-corrected chi connectivity index (χ3v) is 4.05. The van der Waals surface area contributed by atoms with Crippen LogP contribution in [0.2, 0.25) is 0 Å². The molecule has 0 aliphatic heterocycles. The number of aryl methyl sites for hydroxylation is 1. The van der Waals surface area contributed by atoms with Crippen LogP contribution in [0.25, 0.3) is 10.9 Å². The van der Waals surface area contributed by atoms with Crippen LogP contribution in [0.4, 0.5) is 0 Å². The molecule has 0 atom stereocenters. The lowest BCUT2D eigenvalue weighted by Gasteiger charge is -2.06. The number of nitrogens with zero attached hydrogens (tertiary/aromatic N) is 1. The number of carbonyl (C=O) groups is 1. The number of fused-ring (bicyclic) bond motifs is 1. The van der Waals surface area contributed by atoms with E-state index in [1.54, 1.807) is 0 Å². The molecule has 4 heteroatoms. The van der Waals surface area contributed by atoms with Gasteiger partial charge in [0.25, 0.3) is 0 Å². The second kappa shape index (κ2) is 7.21. The Bertz CT molecular complexity index is 834. The van der Waals surface area contributed by atoms with E-state index >= 15 is 0 Å². The van der Waals surface area contributed by atoms with Crippen molar-refractivity contribution in [1.82, 2.24) is 9.88 Å². The molecule has 1 aromatic heterocycles. The Morgan fingerprint density at radius 2 is 1.88 bits per heavy atom. The van der Waals surface area contributed by atoms with Crippen molar-refractivity contribution >= 4 is 16.8 Å². The molecule has 0 spiro atoms. The Hall–Kier alpha value is -2.75. The molecule has 1 N–H and O–H groups in total. The normalized spacial score (nSPS) is 10.8. The number of ether oxygens (including phenoxy) is 1. The minimum Gasteiger partial charge on any atom is -0.494 e. The summed E-state index contributed by atoms with van der Waals surface area (Å²) in [5, 5.41) is 4.19. The zero-order chi connectivity index (χ0) is 16.9. The molecule has 0 saturated heterocycles. The molecule has 0 bridgehead atoms. The molecule has 124 valence electrons. The second-order valence-electron chi connectivity index (χ2n) is 5.81. The lowest BCUT2D eigenvalue weighted by atomic mass is 10.1. The fraction of sp³-hybridized carbons (Fsp3) is 0.250. The van der Waals surface area contributed by atoms with Crippen LogP contribution in [0.15, 0.2) is 54.7 Å². The van der Waals surface area contributed by atoms with Gasteiger partial charge in [0.15, 0.2) is 0 Å². The van der Waals surface area contributed by atoms with E-state index < -0.39 is 0 Å². The number of rotatable bonds is 6. The van der Waals surface area contributed by atoms with Crippen LogP contribution in [-0.2, 0) is 24.8 Å². The van der Waals surface area contributed by atoms with Crippen molar-refractivity contribution in [2.24, 2.45) is 7.05 Å². The maximum Gasteiger partial charge on any atom is 0.224 e. The van der Waals surface area contributed by atoms with E-state index in [-0.39, 0.29) is 5.91 Å². The number of hydrogen-bond donors (Lipinski definition) is 1. The third-order valence-electron chi connectivity index (χ3n) is 4.05. The lowest BCUT2D eigenvalue weighted by molar-refractivity contribution is -0.120. The van der Waals surface area contributed by atoms with E-state index in [0.717, 1.165) is 16.9 Å².